The van der Waals surface area contributed by atoms with Crippen molar-refractivity contribution >= 4 is 35.2 Å². The van der Waals surface area contributed by atoms with Crippen molar-refractivity contribution < 1.29 is 28.7 Å². The van der Waals surface area contributed by atoms with E-state index in [9.17, 15) is 19.2 Å². The molecule has 1 atom stereocenters. The number of likely N-dealkylation sites (N-methyl/N-ethyl adjacent to an activating group) is 3. The quantitative estimate of drug-likeness (QED) is 0.451. The third-order valence-electron chi connectivity index (χ3n) is 7.62. The Balaban J connectivity index is 1.75. The van der Waals surface area contributed by atoms with Gasteiger partial charge in [0.1, 0.15) is 17.4 Å². The molecule has 1 aromatic heterocycles. The van der Waals surface area contributed by atoms with E-state index in [0.717, 1.165) is 10.7 Å². The second-order valence-electron chi connectivity index (χ2n) is 12.6. The number of para-hydroxylation sites is 1. The molecular weight excluding hydrogens is 594 g/mol. The van der Waals surface area contributed by atoms with Crippen molar-refractivity contribution in [2.75, 3.05) is 53.9 Å². The van der Waals surface area contributed by atoms with Gasteiger partial charge < -0.3 is 29.1 Å². The maximum Gasteiger partial charge on any atom is 0.410 e. The Morgan fingerprint density at radius 1 is 1.09 bits per heavy atom. The topological polar surface area (TPSA) is 113 Å². The van der Waals surface area contributed by atoms with Gasteiger partial charge in [-0.15, -0.1) is 11.3 Å². The number of hydrogen-bond donors (Lipinski definition) is 0. The smallest absolute Gasteiger partial charge is 0.410 e. The lowest BCUT2D eigenvalue weighted by Gasteiger charge is -2.32. The summed E-state index contributed by atoms with van der Waals surface area (Å²) in [5, 5.41) is 2.81. The summed E-state index contributed by atoms with van der Waals surface area (Å²) in [6.07, 6.45) is 2.69. The molecule has 2 heterocycles. The molecule has 12 heteroatoms. The monoisotopic (exact) mass is 643 g/mol. The lowest BCUT2D eigenvalue weighted by Crippen LogP contribution is -2.49. The summed E-state index contributed by atoms with van der Waals surface area (Å²) in [4.78, 5) is 64.2. The van der Waals surface area contributed by atoms with Crippen LogP contribution in [0.15, 0.2) is 29.6 Å². The number of hydrogen-bond acceptors (Lipinski definition) is 8. The van der Waals surface area contributed by atoms with Gasteiger partial charge in [0.25, 0.3) is 5.91 Å². The SMILES string of the molecule is Cc1nc(CC(=O)N(C)CCC[C@H]2C(=O)N(C)CCCCN(C(=O)OC(C)(C)C)CCCOc3ccccc3C(=O)N2C)cs1. The molecule has 11 nitrogen and oxygen atoms in total. The molecule has 2 aromatic rings. The van der Waals surface area contributed by atoms with E-state index in [2.05, 4.69) is 4.98 Å². The van der Waals surface area contributed by atoms with Crippen molar-refractivity contribution in [3.63, 3.8) is 0 Å². The van der Waals surface area contributed by atoms with E-state index in [1.165, 1.54) is 16.2 Å². The van der Waals surface area contributed by atoms with E-state index < -0.39 is 11.6 Å². The van der Waals surface area contributed by atoms with Crippen molar-refractivity contribution in [1.29, 1.82) is 0 Å². The number of aryl methyl sites for hydroxylation is 1. The zero-order valence-corrected chi connectivity index (χ0v) is 28.7. The molecule has 0 saturated carbocycles. The summed E-state index contributed by atoms with van der Waals surface area (Å²) in [6.45, 7) is 9.59. The number of ether oxygens (including phenoxy) is 2. The maximum absolute atomic E-state index is 13.8. The molecule has 0 fully saturated rings. The van der Waals surface area contributed by atoms with Gasteiger partial charge >= 0.3 is 6.09 Å². The number of carbonyl (C=O) groups is 4. The Hall–Kier alpha value is -3.67. The van der Waals surface area contributed by atoms with Crippen LogP contribution in [0, 0.1) is 6.92 Å². The van der Waals surface area contributed by atoms with Gasteiger partial charge in [-0.05, 0) is 71.9 Å². The lowest BCUT2D eigenvalue weighted by atomic mass is 10.1. The standard InChI is InChI=1S/C33H49N5O6S/c1-24-34-25(23-45-24)22-29(39)35(5)18-12-15-27-31(41)36(6)17-10-11-19-38(32(42)44-33(2,3)4)20-13-21-43-28-16-9-8-14-26(28)30(40)37(27)7/h8-9,14,16,23,27H,10-13,15,17-22H2,1-7H3/t27-/m0/s1. The van der Waals surface area contributed by atoms with Crippen LogP contribution < -0.4 is 4.74 Å². The molecule has 1 aliphatic rings. The van der Waals surface area contributed by atoms with Crippen LogP contribution in [0.3, 0.4) is 0 Å². The molecule has 4 amide bonds. The van der Waals surface area contributed by atoms with Crippen LogP contribution in [0.2, 0.25) is 0 Å². The second kappa shape index (κ2) is 16.6. The number of nitrogens with zero attached hydrogens (tertiary/aromatic N) is 5. The van der Waals surface area contributed by atoms with E-state index in [4.69, 9.17) is 9.47 Å². The average Bonchev–Trinajstić information content (AvgIpc) is 3.39. The Labute approximate surface area is 271 Å². The van der Waals surface area contributed by atoms with Crippen LogP contribution in [-0.2, 0) is 20.7 Å². The third kappa shape index (κ3) is 11.0. The van der Waals surface area contributed by atoms with E-state index in [1.54, 1.807) is 60.1 Å². The first-order valence-corrected chi connectivity index (χ1v) is 16.5. The number of rotatable bonds is 6. The predicted octanol–water partition coefficient (Wildman–Crippen LogP) is 4.63. The number of amides is 4. The van der Waals surface area contributed by atoms with Gasteiger partial charge in [0.15, 0.2) is 0 Å². The summed E-state index contributed by atoms with van der Waals surface area (Å²) in [6, 6.07) is 6.27. The minimum absolute atomic E-state index is 0.0438. The number of fused-ring (bicyclic) bond motifs is 1. The highest BCUT2D eigenvalue weighted by Crippen LogP contribution is 2.23. The van der Waals surface area contributed by atoms with Gasteiger partial charge in [-0.1, -0.05) is 12.1 Å². The summed E-state index contributed by atoms with van der Waals surface area (Å²) in [5.74, 6) is -0.111. The van der Waals surface area contributed by atoms with Crippen LogP contribution in [0.25, 0.3) is 0 Å². The van der Waals surface area contributed by atoms with Gasteiger partial charge in [0.2, 0.25) is 11.8 Å². The normalized spacial score (nSPS) is 17.5. The molecule has 3 rings (SSSR count). The minimum Gasteiger partial charge on any atom is -0.493 e. The second-order valence-corrected chi connectivity index (χ2v) is 13.6. The first-order chi connectivity index (χ1) is 21.3. The highest BCUT2D eigenvalue weighted by atomic mass is 32.1. The molecule has 0 N–H and O–H groups in total. The number of benzene rings is 1. The Bertz CT molecular complexity index is 1310. The first kappa shape index (κ1) is 35.8. The van der Waals surface area contributed by atoms with Crippen molar-refractivity contribution in [2.24, 2.45) is 0 Å². The fourth-order valence-electron chi connectivity index (χ4n) is 5.08. The van der Waals surface area contributed by atoms with Crippen LogP contribution in [0.4, 0.5) is 4.79 Å². The van der Waals surface area contributed by atoms with Gasteiger partial charge in [0, 0.05) is 52.7 Å². The molecule has 0 spiro atoms. The maximum atomic E-state index is 13.8. The van der Waals surface area contributed by atoms with Crippen LogP contribution >= 0.6 is 11.3 Å². The Kier molecular flexibility index (Phi) is 13.2. The predicted molar refractivity (Wildman–Crippen MR) is 175 cm³/mol. The number of carbonyl (C=O) groups excluding carboxylic acids is 4. The summed E-state index contributed by atoms with van der Waals surface area (Å²) in [5.41, 5.74) is 0.504. The highest BCUT2D eigenvalue weighted by molar-refractivity contribution is 7.09. The third-order valence-corrected chi connectivity index (χ3v) is 8.44. The molecule has 1 aromatic carbocycles. The van der Waals surface area contributed by atoms with Gasteiger partial charge in [-0.2, -0.15) is 0 Å². The van der Waals surface area contributed by atoms with Gasteiger partial charge in [0.05, 0.1) is 29.3 Å². The van der Waals surface area contributed by atoms with E-state index in [0.29, 0.717) is 76.2 Å². The first-order valence-electron chi connectivity index (χ1n) is 15.6. The lowest BCUT2D eigenvalue weighted by molar-refractivity contribution is -0.134. The van der Waals surface area contributed by atoms with E-state index in [1.807, 2.05) is 33.1 Å². The molecule has 0 aliphatic carbocycles. The molecule has 0 radical (unpaired) electrons. The average molecular weight is 644 g/mol. The van der Waals surface area contributed by atoms with Crippen molar-refractivity contribution in [3.8, 4) is 5.75 Å². The van der Waals surface area contributed by atoms with Crippen LogP contribution in [0.5, 0.6) is 5.75 Å². The van der Waals surface area contributed by atoms with Crippen molar-refractivity contribution in [2.45, 2.75) is 77.9 Å². The Morgan fingerprint density at radius 2 is 1.78 bits per heavy atom. The van der Waals surface area contributed by atoms with E-state index in [-0.39, 0.29) is 30.2 Å². The fourth-order valence-corrected chi connectivity index (χ4v) is 5.70. The van der Waals surface area contributed by atoms with Crippen molar-refractivity contribution in [1.82, 2.24) is 24.6 Å². The largest absolute Gasteiger partial charge is 0.493 e. The fraction of sp³-hybridized carbons (Fsp3) is 0.606. The highest BCUT2D eigenvalue weighted by Gasteiger charge is 2.31. The van der Waals surface area contributed by atoms with E-state index >= 15 is 0 Å². The molecule has 0 saturated heterocycles. The molecule has 0 unspecified atom stereocenters. The van der Waals surface area contributed by atoms with Gasteiger partial charge in [-0.3, -0.25) is 14.4 Å². The molecular formula is C33H49N5O6S. The molecule has 45 heavy (non-hydrogen) atoms. The minimum atomic E-state index is -0.730. The zero-order valence-electron chi connectivity index (χ0n) is 27.8. The molecule has 1 aliphatic heterocycles. The Morgan fingerprint density at radius 3 is 2.47 bits per heavy atom. The van der Waals surface area contributed by atoms with Crippen molar-refractivity contribution in [3.05, 3.63) is 45.9 Å². The van der Waals surface area contributed by atoms with Crippen LogP contribution in [0.1, 0.15) is 73.9 Å². The van der Waals surface area contributed by atoms with Gasteiger partial charge in [-0.25, -0.2) is 9.78 Å². The number of aromatic nitrogens is 1. The molecule has 0 bridgehead atoms. The summed E-state index contributed by atoms with van der Waals surface area (Å²) in [7, 11) is 5.14. The summed E-state index contributed by atoms with van der Waals surface area (Å²) >= 11 is 1.51. The summed E-state index contributed by atoms with van der Waals surface area (Å²) < 4.78 is 11.7. The van der Waals surface area contributed by atoms with Crippen LogP contribution in [-0.4, -0.2) is 114 Å². The zero-order chi connectivity index (χ0) is 33.1. The molecule has 248 valence electrons. The number of thiazole rings is 1.